The molecule has 4 N–H and O–H groups in total. The minimum absolute atomic E-state index is 0.0413. The molecule has 1 heterocycles. The molecule has 0 amide bonds. The molecule has 0 saturated heterocycles. The fraction of sp³-hybridized carbons (Fsp3) is 0.318. The maximum absolute atomic E-state index is 14.3. The fourth-order valence-electron chi connectivity index (χ4n) is 4.66. The SMILES string of the molecule is CC1(C)CC(O)(C(F)(F)F)C(Nc2cccc3c(=O)[nH]ccc23)c2cc(Cl)cc(O)c21. The predicted octanol–water partition coefficient (Wildman–Crippen LogP) is 5.02. The highest BCUT2D eigenvalue weighted by atomic mass is 35.5. The van der Waals surface area contributed by atoms with Crippen LogP contribution in [-0.4, -0.2) is 27.0 Å². The van der Waals surface area contributed by atoms with Gasteiger partial charge in [-0.15, -0.1) is 0 Å². The molecule has 0 radical (unpaired) electrons. The third-order valence-electron chi connectivity index (χ3n) is 5.90. The molecule has 0 spiro atoms. The van der Waals surface area contributed by atoms with E-state index in [1.165, 1.54) is 44.3 Å². The van der Waals surface area contributed by atoms with Gasteiger partial charge in [0, 0.05) is 33.2 Å². The number of aromatic nitrogens is 1. The Bertz CT molecular complexity index is 1240. The Morgan fingerprint density at radius 3 is 2.58 bits per heavy atom. The number of phenolic OH excluding ortho intramolecular Hbond substituents is 1. The Balaban J connectivity index is 1.99. The molecular weight excluding hydrogens is 433 g/mol. The number of aliphatic hydroxyl groups is 1. The van der Waals surface area contributed by atoms with Crippen molar-refractivity contribution >= 4 is 28.1 Å². The smallest absolute Gasteiger partial charge is 0.419 e. The topological polar surface area (TPSA) is 85.4 Å². The molecule has 1 aromatic heterocycles. The molecule has 0 bridgehead atoms. The summed E-state index contributed by atoms with van der Waals surface area (Å²) in [5, 5.41) is 25.1. The molecule has 1 aliphatic rings. The van der Waals surface area contributed by atoms with Gasteiger partial charge < -0.3 is 20.5 Å². The van der Waals surface area contributed by atoms with E-state index < -0.39 is 35.2 Å². The van der Waals surface area contributed by atoms with Crippen LogP contribution in [0.15, 0.2) is 47.4 Å². The summed E-state index contributed by atoms with van der Waals surface area (Å²) in [6.45, 7) is 3.06. The van der Waals surface area contributed by atoms with Gasteiger partial charge in [-0.2, -0.15) is 13.2 Å². The zero-order valence-electron chi connectivity index (χ0n) is 16.6. The van der Waals surface area contributed by atoms with E-state index in [4.69, 9.17) is 11.6 Å². The lowest BCUT2D eigenvalue weighted by molar-refractivity contribution is -0.275. The van der Waals surface area contributed by atoms with Crippen LogP contribution in [0.3, 0.4) is 0 Å². The Labute approximate surface area is 180 Å². The van der Waals surface area contributed by atoms with Gasteiger partial charge in [-0.05, 0) is 47.7 Å². The summed E-state index contributed by atoms with van der Waals surface area (Å²) in [6, 6.07) is 7.10. The van der Waals surface area contributed by atoms with E-state index in [1.54, 1.807) is 12.1 Å². The lowest BCUT2D eigenvalue weighted by atomic mass is 9.63. The lowest BCUT2D eigenvalue weighted by Gasteiger charge is -2.49. The monoisotopic (exact) mass is 452 g/mol. The second-order valence-electron chi connectivity index (χ2n) is 8.52. The number of aromatic amines is 1. The van der Waals surface area contributed by atoms with Crippen molar-refractivity contribution in [2.24, 2.45) is 0 Å². The average molecular weight is 453 g/mol. The normalized spacial score (nSPS) is 22.9. The molecule has 0 fully saturated rings. The van der Waals surface area contributed by atoms with Crippen molar-refractivity contribution in [2.45, 2.75) is 43.5 Å². The van der Waals surface area contributed by atoms with Crippen molar-refractivity contribution in [2.75, 3.05) is 5.32 Å². The first-order chi connectivity index (χ1) is 14.3. The maximum Gasteiger partial charge on any atom is 0.419 e. The number of pyridine rings is 1. The number of halogens is 4. The molecule has 9 heteroatoms. The van der Waals surface area contributed by atoms with E-state index in [-0.39, 0.29) is 33.0 Å². The number of aromatic hydroxyl groups is 1. The van der Waals surface area contributed by atoms with Crippen LogP contribution in [0.4, 0.5) is 18.9 Å². The molecule has 3 aromatic rings. The predicted molar refractivity (Wildman–Crippen MR) is 113 cm³/mol. The van der Waals surface area contributed by atoms with Crippen molar-refractivity contribution in [3.05, 3.63) is 69.1 Å². The van der Waals surface area contributed by atoms with Crippen molar-refractivity contribution in [3.8, 4) is 5.75 Å². The van der Waals surface area contributed by atoms with E-state index in [0.29, 0.717) is 5.39 Å². The minimum atomic E-state index is -4.99. The summed E-state index contributed by atoms with van der Waals surface area (Å²) >= 11 is 6.07. The fourth-order valence-corrected chi connectivity index (χ4v) is 4.88. The summed E-state index contributed by atoms with van der Waals surface area (Å²) in [4.78, 5) is 14.6. The van der Waals surface area contributed by atoms with Crippen LogP contribution in [0.2, 0.25) is 5.02 Å². The van der Waals surface area contributed by atoms with E-state index in [0.717, 1.165) is 0 Å². The second kappa shape index (κ2) is 6.90. The second-order valence-corrected chi connectivity index (χ2v) is 8.96. The summed E-state index contributed by atoms with van der Waals surface area (Å²) < 4.78 is 42.8. The standard InChI is InChI=1S/C22H20ClF3N2O3/c1-20(2)10-21(31,22(24,25)26)18(14-8-11(23)9-16(29)17(14)20)28-15-5-3-4-13-12(15)6-7-27-19(13)30/h3-9,18,28-29,31H,10H2,1-2H3,(H,27,30). The first kappa shape index (κ1) is 21.5. The molecule has 2 atom stereocenters. The highest BCUT2D eigenvalue weighted by Crippen LogP contribution is 2.56. The first-order valence-electron chi connectivity index (χ1n) is 9.54. The number of benzene rings is 2. The Kier molecular flexibility index (Phi) is 4.79. The summed E-state index contributed by atoms with van der Waals surface area (Å²) in [6.07, 6.45) is -4.28. The number of fused-ring (bicyclic) bond motifs is 2. The molecular formula is C22H20ClF3N2O3. The highest BCUT2D eigenvalue weighted by molar-refractivity contribution is 6.30. The van der Waals surface area contributed by atoms with Crippen LogP contribution in [0.25, 0.3) is 10.8 Å². The van der Waals surface area contributed by atoms with Gasteiger partial charge in [-0.3, -0.25) is 4.79 Å². The third-order valence-corrected chi connectivity index (χ3v) is 6.11. The third kappa shape index (κ3) is 3.34. The molecule has 2 aromatic carbocycles. The summed E-state index contributed by atoms with van der Waals surface area (Å²) in [5.74, 6) is -0.238. The summed E-state index contributed by atoms with van der Waals surface area (Å²) in [7, 11) is 0. The Morgan fingerprint density at radius 1 is 1.19 bits per heavy atom. The van der Waals surface area contributed by atoms with Crippen molar-refractivity contribution < 1.29 is 23.4 Å². The van der Waals surface area contributed by atoms with Crippen LogP contribution in [0.5, 0.6) is 5.75 Å². The zero-order valence-corrected chi connectivity index (χ0v) is 17.4. The minimum Gasteiger partial charge on any atom is -0.508 e. The molecule has 4 rings (SSSR count). The van der Waals surface area contributed by atoms with Crippen molar-refractivity contribution in [1.29, 1.82) is 0 Å². The summed E-state index contributed by atoms with van der Waals surface area (Å²) in [5.41, 5.74) is -4.18. The largest absolute Gasteiger partial charge is 0.508 e. The molecule has 0 aliphatic heterocycles. The van der Waals surface area contributed by atoms with Crippen LogP contribution in [0.1, 0.15) is 37.4 Å². The van der Waals surface area contributed by atoms with Crippen molar-refractivity contribution in [1.82, 2.24) is 4.98 Å². The Hall–Kier alpha value is -2.71. The van der Waals surface area contributed by atoms with Crippen LogP contribution in [-0.2, 0) is 5.41 Å². The van der Waals surface area contributed by atoms with Gasteiger partial charge in [0.05, 0.1) is 6.04 Å². The number of H-pyrrole nitrogens is 1. The van der Waals surface area contributed by atoms with Gasteiger partial charge >= 0.3 is 6.18 Å². The van der Waals surface area contributed by atoms with Gasteiger partial charge in [0.25, 0.3) is 5.56 Å². The molecule has 164 valence electrons. The van der Waals surface area contributed by atoms with Crippen LogP contribution >= 0.6 is 11.6 Å². The van der Waals surface area contributed by atoms with E-state index in [2.05, 4.69) is 10.3 Å². The highest BCUT2D eigenvalue weighted by Gasteiger charge is 2.64. The van der Waals surface area contributed by atoms with Gasteiger partial charge in [0.2, 0.25) is 0 Å². The van der Waals surface area contributed by atoms with Gasteiger partial charge in [-0.1, -0.05) is 31.5 Å². The molecule has 0 saturated carbocycles. The van der Waals surface area contributed by atoms with E-state index >= 15 is 0 Å². The number of nitrogens with one attached hydrogen (secondary N) is 2. The quantitative estimate of drug-likeness (QED) is 0.440. The number of phenols is 1. The molecule has 5 nitrogen and oxygen atoms in total. The van der Waals surface area contributed by atoms with Crippen LogP contribution < -0.4 is 10.9 Å². The Morgan fingerprint density at radius 2 is 1.90 bits per heavy atom. The van der Waals surface area contributed by atoms with Crippen LogP contribution in [0, 0.1) is 0 Å². The number of anilines is 1. The number of hydrogen-bond donors (Lipinski definition) is 4. The van der Waals surface area contributed by atoms with E-state index in [1.807, 2.05) is 0 Å². The number of hydrogen-bond acceptors (Lipinski definition) is 4. The molecule has 2 unspecified atom stereocenters. The number of rotatable bonds is 2. The zero-order chi connectivity index (χ0) is 22.8. The molecule has 1 aliphatic carbocycles. The maximum atomic E-state index is 14.3. The average Bonchev–Trinajstić information content (AvgIpc) is 2.63. The number of alkyl halides is 3. The van der Waals surface area contributed by atoms with Gasteiger partial charge in [-0.25, -0.2) is 0 Å². The lowest BCUT2D eigenvalue weighted by Crippen LogP contribution is -2.58. The molecule has 31 heavy (non-hydrogen) atoms. The van der Waals surface area contributed by atoms with Gasteiger partial charge in [0.15, 0.2) is 5.60 Å². The first-order valence-corrected chi connectivity index (χ1v) is 9.92. The van der Waals surface area contributed by atoms with Crippen molar-refractivity contribution in [3.63, 3.8) is 0 Å². The van der Waals surface area contributed by atoms with E-state index in [9.17, 15) is 28.2 Å². The van der Waals surface area contributed by atoms with Gasteiger partial charge in [0.1, 0.15) is 5.75 Å².